The molecule has 6 aromatic rings. The number of ether oxygens (including phenoxy) is 1. The molecule has 3 nitrogen and oxygen atoms in total. The molecule has 6 aromatic carbocycles. The summed E-state index contributed by atoms with van der Waals surface area (Å²) in [4.78, 5) is 16.1. The van der Waals surface area contributed by atoms with Gasteiger partial charge in [0, 0.05) is 29.4 Å². The summed E-state index contributed by atoms with van der Waals surface area (Å²) in [7, 11) is 0. The smallest absolute Gasteiger partial charge is 0.341 e. The third-order valence-corrected chi connectivity index (χ3v) is 12.6. The normalized spacial score (nSPS) is 11.6. The van der Waals surface area contributed by atoms with Gasteiger partial charge in [0.15, 0.2) is 6.61 Å². The molecule has 294 valence electrons. The van der Waals surface area contributed by atoms with Crippen LogP contribution in [-0.4, -0.2) is 17.7 Å². The van der Waals surface area contributed by atoms with Gasteiger partial charge in [-0.15, -0.1) is 75.8 Å². The lowest BCUT2D eigenvalue weighted by atomic mass is 9.84. The number of thiol groups is 6. The molecule has 0 saturated heterocycles. The first-order chi connectivity index (χ1) is 26.7. The zero-order valence-corrected chi connectivity index (χ0v) is 38.9. The zero-order chi connectivity index (χ0) is 41.8. The molecule has 0 amide bonds. The molecule has 0 bridgehead atoms. The molecule has 0 saturated carbocycles. The molecule has 0 aliphatic rings. The Morgan fingerprint density at radius 2 is 0.737 bits per heavy atom. The third-order valence-electron chi connectivity index (χ3n) is 10.5. The second-order valence-corrected chi connectivity index (χ2v) is 18.9. The van der Waals surface area contributed by atoms with Crippen LogP contribution in [0.1, 0.15) is 59.7 Å². The second-order valence-electron chi connectivity index (χ2n) is 16.0. The highest BCUT2D eigenvalue weighted by molar-refractivity contribution is 7.81. The van der Waals surface area contributed by atoms with Crippen molar-refractivity contribution in [2.45, 2.75) is 97.1 Å². The highest BCUT2D eigenvalue weighted by Crippen LogP contribution is 2.45. The van der Waals surface area contributed by atoms with E-state index in [0.717, 1.165) is 108 Å². The van der Waals surface area contributed by atoms with Gasteiger partial charge in [-0.05, 0) is 184 Å². The van der Waals surface area contributed by atoms with E-state index >= 15 is 0 Å². The van der Waals surface area contributed by atoms with Gasteiger partial charge in [-0.2, -0.15) is 0 Å². The van der Waals surface area contributed by atoms with Gasteiger partial charge in [-0.25, -0.2) is 4.79 Å². The summed E-state index contributed by atoms with van der Waals surface area (Å²) in [5, 5.41) is 9.08. The van der Waals surface area contributed by atoms with Gasteiger partial charge in [0.25, 0.3) is 0 Å². The van der Waals surface area contributed by atoms with Crippen molar-refractivity contribution in [1.29, 1.82) is 0 Å². The van der Waals surface area contributed by atoms with Crippen LogP contribution < -0.4 is 4.74 Å². The number of rotatable bonds is 8. The van der Waals surface area contributed by atoms with Crippen LogP contribution in [0.15, 0.2) is 102 Å². The maximum atomic E-state index is 11.1. The van der Waals surface area contributed by atoms with Crippen molar-refractivity contribution in [2.24, 2.45) is 0 Å². The fourth-order valence-corrected chi connectivity index (χ4v) is 10.6. The highest BCUT2D eigenvalue weighted by atomic mass is 32.1. The van der Waals surface area contributed by atoms with E-state index in [9.17, 15) is 4.79 Å². The molecule has 57 heavy (non-hydrogen) atoms. The van der Waals surface area contributed by atoms with Crippen molar-refractivity contribution in [3.63, 3.8) is 0 Å². The summed E-state index contributed by atoms with van der Waals surface area (Å²) < 4.78 is 5.50. The molecule has 0 heterocycles. The fraction of sp³-hybridized carbons (Fsp3) is 0.229. The first-order valence-electron chi connectivity index (χ1n) is 18.5. The summed E-state index contributed by atoms with van der Waals surface area (Å²) in [6.45, 7) is 18.7. The summed E-state index contributed by atoms with van der Waals surface area (Å²) in [6.07, 6.45) is 0. The van der Waals surface area contributed by atoms with Gasteiger partial charge in [-0.3, -0.25) is 0 Å². The lowest BCUT2D eigenvalue weighted by Crippen LogP contribution is -2.11. The van der Waals surface area contributed by atoms with Gasteiger partial charge >= 0.3 is 5.97 Å². The van der Waals surface area contributed by atoms with E-state index in [1.165, 1.54) is 11.1 Å². The van der Waals surface area contributed by atoms with Crippen molar-refractivity contribution >= 4 is 81.7 Å². The number of carboxylic acids is 1. The number of carbonyl (C=O) groups is 1. The Balaban J connectivity index is 1.33. The van der Waals surface area contributed by atoms with Crippen molar-refractivity contribution in [3.8, 4) is 61.4 Å². The van der Waals surface area contributed by atoms with E-state index in [1.807, 2.05) is 19.1 Å². The molecule has 0 atom stereocenters. The van der Waals surface area contributed by atoms with Crippen LogP contribution in [0.2, 0.25) is 0 Å². The predicted octanol–water partition coefficient (Wildman–Crippen LogP) is 14.4. The van der Waals surface area contributed by atoms with Gasteiger partial charge in [0.05, 0.1) is 0 Å². The van der Waals surface area contributed by atoms with Gasteiger partial charge < -0.3 is 9.84 Å². The number of hydrogen-bond donors (Lipinski definition) is 7. The molecule has 0 fully saturated rings. The maximum absolute atomic E-state index is 11.1. The van der Waals surface area contributed by atoms with Crippen LogP contribution in [0.4, 0.5) is 0 Å². The zero-order valence-electron chi connectivity index (χ0n) is 33.6. The van der Waals surface area contributed by atoms with Gasteiger partial charge in [0.2, 0.25) is 0 Å². The SMILES string of the molecule is Cc1cc(-c2c(C)cc(-c3c(C)cc(-c4c(C)cc(-c5c(C)cc(-c6c(C)cc(C(C)(C)C)cc6S)cc5S)cc4S)cc3S)cc2S)cc(S)c1OCC(=O)O. The molecule has 0 radical (unpaired) electrons. The number of aryl methyl sites for hydroxylation is 6. The maximum Gasteiger partial charge on any atom is 0.341 e. The Hall–Kier alpha value is -3.31. The predicted molar refractivity (Wildman–Crippen MR) is 257 cm³/mol. The Bertz CT molecular complexity index is 2480. The topological polar surface area (TPSA) is 46.5 Å². The number of carboxylic acid groups (broad SMARTS) is 1. The molecule has 1 N–H and O–H groups in total. The largest absolute Gasteiger partial charge is 0.480 e. The Labute approximate surface area is 370 Å². The number of hydrogen-bond acceptors (Lipinski definition) is 8. The molecule has 0 aliphatic carbocycles. The Morgan fingerprint density at radius 1 is 0.456 bits per heavy atom. The minimum atomic E-state index is -1.04. The van der Waals surface area contributed by atoms with Gasteiger partial charge in [-0.1, -0.05) is 51.1 Å². The van der Waals surface area contributed by atoms with E-state index in [2.05, 4.69) is 129 Å². The molecule has 0 unspecified atom stereocenters. The minimum Gasteiger partial charge on any atom is -0.480 e. The number of benzene rings is 6. The number of aliphatic carboxylic acids is 1. The first kappa shape index (κ1) is 43.3. The summed E-state index contributed by atoms with van der Waals surface area (Å²) >= 11 is 29.7. The van der Waals surface area contributed by atoms with Crippen LogP contribution in [-0.2, 0) is 10.2 Å². The molecular formula is C48H48O3S6. The molecular weight excluding hydrogens is 817 g/mol. The molecule has 0 spiro atoms. The Kier molecular flexibility index (Phi) is 12.7. The van der Waals surface area contributed by atoms with E-state index in [1.54, 1.807) is 0 Å². The second kappa shape index (κ2) is 16.7. The summed E-state index contributed by atoms with van der Waals surface area (Å²) in [5.41, 5.74) is 18.1. The van der Waals surface area contributed by atoms with Crippen LogP contribution in [0.3, 0.4) is 0 Å². The average molecular weight is 865 g/mol. The van der Waals surface area contributed by atoms with Crippen LogP contribution in [0, 0.1) is 41.5 Å². The lowest BCUT2D eigenvalue weighted by Gasteiger charge is -2.23. The lowest BCUT2D eigenvalue weighted by molar-refractivity contribution is -0.139. The van der Waals surface area contributed by atoms with Crippen LogP contribution in [0.25, 0.3) is 55.6 Å². The van der Waals surface area contributed by atoms with E-state index < -0.39 is 12.6 Å². The van der Waals surface area contributed by atoms with Crippen LogP contribution in [0.5, 0.6) is 5.75 Å². The quantitative estimate of drug-likeness (QED) is 0.0780. The summed E-state index contributed by atoms with van der Waals surface area (Å²) in [5.74, 6) is -0.580. The summed E-state index contributed by atoms with van der Waals surface area (Å²) in [6, 6.07) is 25.6. The van der Waals surface area contributed by atoms with Crippen LogP contribution >= 0.6 is 75.8 Å². The first-order valence-corrected chi connectivity index (χ1v) is 21.2. The molecule has 6 rings (SSSR count). The standard InChI is InChI=1S/C48H48O3S6/c1-23-11-30(44-25(3)13-32(19-37(44)54)46-27(5)15-34(21-39(46)56)48(7,8)9)17-35(52)42(23)29-10-24(2)43(36(53)16-29)31-12-26(4)45(38(55)18-31)33-14-28(6)47(40(57)20-33)51-22-41(49)50/h10-21,52-57H,22H2,1-9H3,(H,49,50). The average Bonchev–Trinajstić information content (AvgIpc) is 3.06. The monoisotopic (exact) mass is 864 g/mol. The van der Waals surface area contributed by atoms with E-state index in [4.69, 9.17) is 73.0 Å². The highest BCUT2D eigenvalue weighted by Gasteiger charge is 2.21. The minimum absolute atomic E-state index is 0.0397. The van der Waals surface area contributed by atoms with E-state index in [0.29, 0.717) is 10.6 Å². The van der Waals surface area contributed by atoms with Crippen molar-refractivity contribution < 1.29 is 14.6 Å². The molecule has 0 aliphatic heterocycles. The van der Waals surface area contributed by atoms with E-state index in [-0.39, 0.29) is 5.41 Å². The van der Waals surface area contributed by atoms with Crippen molar-refractivity contribution in [1.82, 2.24) is 0 Å². The molecule has 9 heteroatoms. The Morgan fingerprint density at radius 3 is 1.00 bits per heavy atom. The molecule has 0 aromatic heterocycles. The van der Waals surface area contributed by atoms with Crippen molar-refractivity contribution in [2.75, 3.05) is 6.61 Å². The fourth-order valence-electron chi connectivity index (χ4n) is 7.95. The van der Waals surface area contributed by atoms with Crippen molar-refractivity contribution in [3.05, 3.63) is 112 Å². The third kappa shape index (κ3) is 8.85. The van der Waals surface area contributed by atoms with Gasteiger partial charge in [0.1, 0.15) is 5.75 Å².